The molecule has 0 saturated carbocycles. The number of rotatable bonds is 10. The summed E-state index contributed by atoms with van der Waals surface area (Å²) in [5.41, 5.74) is 15.8. The average molecular weight is 1100 g/mol. The molecule has 0 amide bonds. The summed E-state index contributed by atoms with van der Waals surface area (Å²) in [6.07, 6.45) is 0. The molecule has 0 atom stereocenters. The van der Waals surface area contributed by atoms with E-state index in [0.717, 1.165) is 111 Å². The normalized spacial score (nSPS) is 12.4. The first kappa shape index (κ1) is 55.7. The molecule has 0 aromatic heterocycles. The number of hydrogen-bond donors (Lipinski definition) is 0. The van der Waals surface area contributed by atoms with Gasteiger partial charge < -0.3 is 9.80 Å². The molecular weight excluding hydrogens is 1030 g/mol. The first-order valence-corrected chi connectivity index (χ1v) is 29.5. The quantitative estimate of drug-likeness (QED) is 0.126. The first-order chi connectivity index (χ1) is 40.0. The maximum atomic E-state index is 18.1. The molecule has 12 rings (SSSR count). The van der Waals surface area contributed by atoms with Gasteiger partial charge in [0.25, 0.3) is 0 Å². The number of nitrogens with zero attached hydrogens (tertiary/aromatic N) is 2. The van der Waals surface area contributed by atoms with E-state index >= 15 is 8.78 Å². The Balaban J connectivity index is 1.15. The molecule has 0 radical (unpaired) electrons. The average Bonchev–Trinajstić information content (AvgIpc) is 1.02. The van der Waals surface area contributed by atoms with Gasteiger partial charge in [-0.3, -0.25) is 0 Å². The van der Waals surface area contributed by atoms with Crippen molar-refractivity contribution >= 4 is 66.4 Å². The Morgan fingerprint density at radius 1 is 0.286 bits per heavy atom. The lowest BCUT2D eigenvalue weighted by molar-refractivity contribution is 0.590. The molecule has 0 aliphatic carbocycles. The molecular formula is C80H74F2N2. The first-order valence-electron chi connectivity index (χ1n) is 29.5. The predicted octanol–water partition coefficient (Wildman–Crippen LogP) is 23.7. The highest BCUT2D eigenvalue weighted by molar-refractivity contribution is 6.28. The Morgan fingerprint density at radius 2 is 0.595 bits per heavy atom. The van der Waals surface area contributed by atoms with Crippen molar-refractivity contribution in [1.82, 2.24) is 0 Å². The van der Waals surface area contributed by atoms with Crippen molar-refractivity contribution in [3.8, 4) is 44.5 Å². The lowest BCUT2D eigenvalue weighted by atomic mass is 9.82. The minimum Gasteiger partial charge on any atom is -0.307 e. The van der Waals surface area contributed by atoms with Gasteiger partial charge in [-0.2, -0.15) is 0 Å². The van der Waals surface area contributed by atoms with Crippen LogP contribution in [0.3, 0.4) is 0 Å². The molecule has 0 saturated heterocycles. The summed E-state index contributed by atoms with van der Waals surface area (Å²) >= 11 is 0. The van der Waals surface area contributed by atoms with Gasteiger partial charge in [-0.25, -0.2) is 8.78 Å². The van der Waals surface area contributed by atoms with Gasteiger partial charge in [-0.15, -0.1) is 0 Å². The maximum Gasteiger partial charge on any atom is 0.147 e. The molecule has 418 valence electrons. The second-order valence-electron chi connectivity index (χ2n) is 26.9. The Labute approximate surface area is 496 Å². The fourth-order valence-corrected chi connectivity index (χ4v) is 12.3. The van der Waals surface area contributed by atoms with Gasteiger partial charge in [-0.1, -0.05) is 265 Å². The second kappa shape index (κ2) is 21.1. The highest BCUT2D eigenvalue weighted by atomic mass is 19.1. The van der Waals surface area contributed by atoms with Gasteiger partial charge >= 0.3 is 0 Å². The number of anilines is 6. The van der Waals surface area contributed by atoms with Crippen LogP contribution >= 0.6 is 0 Å². The summed E-state index contributed by atoms with van der Waals surface area (Å²) in [5.74, 6) is -0.675. The fraction of sp³-hybridized carbons (Fsp3) is 0.200. The molecule has 12 aromatic rings. The van der Waals surface area contributed by atoms with Gasteiger partial charge in [0.15, 0.2) is 0 Å². The van der Waals surface area contributed by atoms with E-state index in [9.17, 15) is 0 Å². The number of hydrogen-bond acceptors (Lipinski definition) is 2. The third-order valence-corrected chi connectivity index (χ3v) is 16.9. The summed E-state index contributed by atoms with van der Waals surface area (Å²) in [6.45, 7) is 26.8. The molecule has 2 nitrogen and oxygen atoms in total. The van der Waals surface area contributed by atoms with Crippen molar-refractivity contribution in [2.24, 2.45) is 0 Å². The van der Waals surface area contributed by atoms with E-state index in [4.69, 9.17) is 0 Å². The van der Waals surface area contributed by atoms with Gasteiger partial charge in [0.2, 0.25) is 0 Å². The summed E-state index contributed by atoms with van der Waals surface area (Å²) in [6, 6.07) is 79.9. The van der Waals surface area contributed by atoms with Crippen molar-refractivity contribution in [3.05, 3.63) is 264 Å². The Kier molecular flexibility index (Phi) is 14.0. The van der Waals surface area contributed by atoms with E-state index in [1.165, 1.54) is 11.1 Å². The van der Waals surface area contributed by atoms with Crippen molar-refractivity contribution in [2.45, 2.75) is 105 Å². The van der Waals surface area contributed by atoms with Crippen LogP contribution < -0.4 is 9.80 Å². The van der Waals surface area contributed by atoms with Crippen LogP contribution in [0.25, 0.3) is 76.8 Å². The zero-order chi connectivity index (χ0) is 59.0. The SMILES string of the molecule is CC(C)(C)c1cccc(-c2ccc(F)c(N(c3ccccc3)c3ccc4ccc5c(N(c6ccccc6)c6c(F)ccc(-c7cccc(C(C)(C)C)c7)c6-c6cccc(C(C)(C)C)c6)ccc6ccc3c4c65)c2-c2cccc(C(C)(C)C)c2)c1. The lowest BCUT2D eigenvalue weighted by Gasteiger charge is -2.32. The Bertz CT molecular complexity index is 4150. The molecule has 0 fully saturated rings. The summed E-state index contributed by atoms with van der Waals surface area (Å²) in [5, 5.41) is 6.07. The standard InChI is InChI=1S/C80H74F2N2/c1-77(2,3)57-27-19-23-53(47-57)63-41-43-67(81)75(73(63)55-25-21-29-59(49-55)79(7,8)9)83(61-31-15-13-16-32-61)69-45-37-51-36-40-66-70(46-38-52-35-39-65(69)71(51)72(52)66)84(62-33-17-14-18-34-62)76-68(82)44-42-64(54-24-20-28-58(48-54)78(4,5)6)74(76)56-26-22-30-60(50-56)80(10,11)12/h13-50H,1-12H3. The monoisotopic (exact) mass is 1100 g/mol. The smallest absolute Gasteiger partial charge is 0.147 e. The molecule has 0 bridgehead atoms. The molecule has 0 aliphatic rings. The summed E-state index contributed by atoms with van der Waals surface area (Å²) in [4.78, 5) is 4.28. The highest BCUT2D eigenvalue weighted by Gasteiger charge is 2.31. The molecule has 84 heavy (non-hydrogen) atoms. The number of benzene rings is 12. The predicted molar refractivity (Wildman–Crippen MR) is 356 cm³/mol. The Morgan fingerprint density at radius 3 is 0.929 bits per heavy atom. The summed E-state index contributed by atoms with van der Waals surface area (Å²) < 4.78 is 36.2. The summed E-state index contributed by atoms with van der Waals surface area (Å²) in [7, 11) is 0. The van der Waals surface area contributed by atoms with Crippen LogP contribution in [0.15, 0.2) is 231 Å². The third kappa shape index (κ3) is 10.2. The zero-order valence-electron chi connectivity index (χ0n) is 50.6. The highest BCUT2D eigenvalue weighted by Crippen LogP contribution is 2.54. The Hall–Kier alpha value is -8.86. The van der Waals surface area contributed by atoms with Crippen LogP contribution in [0.4, 0.5) is 42.9 Å². The van der Waals surface area contributed by atoms with Crippen molar-refractivity contribution < 1.29 is 8.78 Å². The second-order valence-corrected chi connectivity index (χ2v) is 26.9. The van der Waals surface area contributed by atoms with Crippen molar-refractivity contribution in [2.75, 3.05) is 9.80 Å². The van der Waals surface area contributed by atoms with E-state index in [0.29, 0.717) is 11.4 Å². The topological polar surface area (TPSA) is 6.48 Å². The van der Waals surface area contributed by atoms with E-state index in [-0.39, 0.29) is 33.3 Å². The minimum absolute atomic E-state index is 0.113. The molecule has 4 heteroatoms. The van der Waals surface area contributed by atoms with E-state index < -0.39 is 0 Å². The van der Waals surface area contributed by atoms with E-state index in [2.05, 4.69) is 263 Å². The van der Waals surface area contributed by atoms with Crippen LogP contribution in [0.5, 0.6) is 0 Å². The number of halogens is 2. The maximum absolute atomic E-state index is 18.1. The van der Waals surface area contributed by atoms with Crippen LogP contribution in [0, 0.1) is 11.6 Å². The van der Waals surface area contributed by atoms with Crippen LogP contribution in [-0.2, 0) is 21.7 Å². The van der Waals surface area contributed by atoms with Crippen molar-refractivity contribution in [1.29, 1.82) is 0 Å². The molecule has 0 N–H and O–H groups in total. The number of para-hydroxylation sites is 2. The molecule has 0 aliphatic heterocycles. The largest absolute Gasteiger partial charge is 0.307 e. The zero-order valence-corrected chi connectivity index (χ0v) is 50.6. The van der Waals surface area contributed by atoms with Crippen molar-refractivity contribution in [3.63, 3.8) is 0 Å². The minimum atomic E-state index is -0.338. The van der Waals surface area contributed by atoms with E-state index in [1.807, 2.05) is 48.5 Å². The van der Waals surface area contributed by atoms with Crippen LogP contribution in [0.1, 0.15) is 105 Å². The van der Waals surface area contributed by atoms with Crippen LogP contribution in [-0.4, -0.2) is 0 Å². The third-order valence-electron chi connectivity index (χ3n) is 16.9. The van der Waals surface area contributed by atoms with Gasteiger partial charge in [0.1, 0.15) is 11.6 Å². The van der Waals surface area contributed by atoms with E-state index in [1.54, 1.807) is 12.1 Å². The van der Waals surface area contributed by atoms with Gasteiger partial charge in [0.05, 0.1) is 22.7 Å². The fourth-order valence-electron chi connectivity index (χ4n) is 12.3. The molecule has 0 heterocycles. The molecule has 12 aromatic carbocycles. The van der Waals surface area contributed by atoms with Gasteiger partial charge in [-0.05, 0) is 147 Å². The van der Waals surface area contributed by atoms with Gasteiger partial charge in [0, 0.05) is 33.3 Å². The molecule has 0 spiro atoms. The lowest BCUT2D eigenvalue weighted by Crippen LogP contribution is -2.15. The molecule has 0 unspecified atom stereocenters. The van der Waals surface area contributed by atoms with Crippen LogP contribution in [0.2, 0.25) is 0 Å².